The number of rotatable bonds is 11. The second-order valence-corrected chi connectivity index (χ2v) is 29.1. The number of halogens is 2. The first-order valence-electron chi connectivity index (χ1n) is 30.1. The van der Waals surface area contributed by atoms with E-state index in [0.29, 0.717) is 75.9 Å². The minimum Gasteiger partial charge on any atom is -0.711 e. The zero-order valence-electron chi connectivity index (χ0n) is 53.7. The van der Waals surface area contributed by atoms with Gasteiger partial charge in [-0.1, -0.05) is 159 Å². The fraction of sp³-hybridized carbons (Fsp3) is 0.351. The molecule has 0 aliphatic rings. The van der Waals surface area contributed by atoms with Crippen molar-refractivity contribution < 1.29 is 27.7 Å². The molecule has 2 heterocycles. The normalized spacial score (nSPS) is 12.9. The van der Waals surface area contributed by atoms with Crippen LogP contribution in [0.2, 0.25) is 0 Å². The van der Waals surface area contributed by atoms with Crippen LogP contribution in [0.15, 0.2) is 121 Å². The first-order valence-corrected chi connectivity index (χ1v) is 30.1. The number of benzene rings is 8. The Bertz CT molecular complexity index is 4200. The van der Waals surface area contributed by atoms with Gasteiger partial charge in [0.15, 0.2) is 13.2 Å². The summed E-state index contributed by atoms with van der Waals surface area (Å²) in [5.41, 5.74) is 13.8. The van der Waals surface area contributed by atoms with E-state index < -0.39 is 11.6 Å². The molecule has 0 bridgehead atoms. The Morgan fingerprint density at radius 1 is 0.400 bits per heavy atom. The van der Waals surface area contributed by atoms with E-state index in [9.17, 15) is 10.2 Å². The summed E-state index contributed by atoms with van der Waals surface area (Å²) >= 11 is 0. The van der Waals surface area contributed by atoms with E-state index in [4.69, 9.17) is 0 Å². The van der Waals surface area contributed by atoms with Crippen molar-refractivity contribution in [2.24, 2.45) is 0 Å². The summed E-state index contributed by atoms with van der Waals surface area (Å²) < 4.78 is 42.7. The predicted octanol–water partition coefficient (Wildman–Crippen LogP) is 21.8. The van der Waals surface area contributed by atoms with Crippen LogP contribution in [0.3, 0.4) is 0 Å². The minimum absolute atomic E-state index is 0.0219. The smallest absolute Gasteiger partial charge is 0.237 e. The van der Waals surface area contributed by atoms with Crippen molar-refractivity contribution in [1.29, 1.82) is 0 Å². The summed E-state index contributed by atoms with van der Waals surface area (Å²) in [6.45, 7) is 39.3. The number of phenolic OH excluding ortho intramolecular Hbond substituents is 2. The summed E-state index contributed by atoms with van der Waals surface area (Å²) in [4.78, 5) is 0. The second-order valence-electron chi connectivity index (χ2n) is 29.1. The summed E-state index contributed by atoms with van der Waals surface area (Å²) in [6, 6.07) is 40.7. The molecule has 8 heteroatoms. The van der Waals surface area contributed by atoms with Gasteiger partial charge >= 0.3 is 0 Å². The molecule has 0 atom stereocenters. The van der Waals surface area contributed by atoms with E-state index in [1.807, 2.05) is 26.0 Å². The standard InChI is InChI=1S/C77H88F2N2O4/c1-21-47-23-27-55-56-28-24-48(73(4,5)6)38-64(56)80(63(55)35-47)67-41-51(76(13,14)15)36-59(69(67)82)61-43-53(78)33-45(2)71(61)84(19)31-22-32-85(20)72-46(3)34-54(79)44-62(72)60-37-52(77(16,17)18)42-68(70(60)83)81-65-39-49(74(7,8)9)25-29-57(65)58-30-26-50(40-66(58)81)75(10,11)12/h23-30,33-44,82-83H,19-22,31-32H2,1-18H3. The third-order valence-corrected chi connectivity index (χ3v) is 17.4. The van der Waals surface area contributed by atoms with Gasteiger partial charge in [0.1, 0.15) is 29.6 Å². The molecule has 85 heavy (non-hydrogen) atoms. The summed E-state index contributed by atoms with van der Waals surface area (Å²) in [5.74, 6) is 0.376. The lowest BCUT2D eigenvalue weighted by Gasteiger charge is -2.34. The Morgan fingerprint density at radius 2 is 0.718 bits per heavy atom. The molecule has 0 spiro atoms. The van der Waals surface area contributed by atoms with Crippen LogP contribution in [0.1, 0.15) is 162 Å². The fourth-order valence-corrected chi connectivity index (χ4v) is 12.3. The van der Waals surface area contributed by atoms with Gasteiger partial charge in [0.05, 0.1) is 44.6 Å². The molecule has 444 valence electrons. The molecule has 2 aromatic heterocycles. The van der Waals surface area contributed by atoms with Gasteiger partial charge in [-0.25, -0.2) is 8.78 Å². The van der Waals surface area contributed by atoms with Gasteiger partial charge in [-0.15, -0.1) is 0 Å². The van der Waals surface area contributed by atoms with Gasteiger partial charge in [-0.2, -0.15) is 0 Å². The molecule has 0 saturated carbocycles. The monoisotopic (exact) mass is 1140 g/mol. The highest BCUT2D eigenvalue weighted by Crippen LogP contribution is 2.51. The number of nitrogens with zero attached hydrogens (tertiary/aromatic N) is 2. The Morgan fingerprint density at radius 3 is 1.04 bits per heavy atom. The molecule has 0 amide bonds. The van der Waals surface area contributed by atoms with E-state index in [-0.39, 0.29) is 38.6 Å². The number of aromatic nitrogens is 2. The number of aryl methyl sites for hydroxylation is 3. The van der Waals surface area contributed by atoms with E-state index in [2.05, 4.69) is 228 Å². The molecule has 6 nitrogen and oxygen atoms in total. The van der Waals surface area contributed by atoms with E-state index in [1.165, 1.54) is 46.5 Å². The maximum Gasteiger partial charge on any atom is 0.237 e. The minimum atomic E-state index is -0.437. The molecule has 0 fully saturated rings. The van der Waals surface area contributed by atoms with Gasteiger partial charge in [0.25, 0.3) is 0 Å². The van der Waals surface area contributed by atoms with Gasteiger partial charge in [0, 0.05) is 43.8 Å². The first kappa shape index (κ1) is 60.5. The maximum atomic E-state index is 16.2. The molecular formula is C77H88F2N2O4. The predicted molar refractivity (Wildman–Crippen MR) is 354 cm³/mol. The van der Waals surface area contributed by atoms with Crippen LogP contribution in [-0.4, -0.2) is 32.6 Å². The number of phenols is 2. The first-order chi connectivity index (χ1) is 39.6. The Kier molecular flexibility index (Phi) is 15.3. The molecule has 0 saturated heterocycles. The number of aromatic hydroxyl groups is 2. The largest absolute Gasteiger partial charge is 0.711 e. The van der Waals surface area contributed by atoms with E-state index >= 15 is 8.78 Å². The average Bonchev–Trinajstić information content (AvgIpc) is 1.75. The highest BCUT2D eigenvalue weighted by atomic mass is 19.1. The van der Waals surface area contributed by atoms with Crippen LogP contribution in [0.4, 0.5) is 8.78 Å². The molecule has 0 aliphatic carbocycles. The molecule has 0 radical (unpaired) electrons. The second kappa shape index (κ2) is 21.4. The maximum absolute atomic E-state index is 16.2. The highest BCUT2D eigenvalue weighted by molar-refractivity contribution is 6.11. The van der Waals surface area contributed by atoms with Crippen molar-refractivity contribution in [3.05, 3.63) is 192 Å². The SMILES string of the molecule is [CH2-][O+](CCC[O+]([CH2-])c1c(C)cc(F)cc1-c1cc(C(C)(C)C)cc(-n2c3cc(C(C)(C)C)ccc3c3ccc(C(C)(C)C)cc32)c1O)c1c(C)cc(F)cc1-c1cc(C(C)(C)C)cc(-n2c3cc(CC)ccc3c3ccc(C(C)(C)C)cc32)c1O. The molecule has 2 N–H and O–H groups in total. The lowest BCUT2D eigenvalue weighted by Crippen LogP contribution is -2.14. The topological polar surface area (TPSA) is 55.7 Å². The van der Waals surface area contributed by atoms with Crippen LogP contribution in [0.25, 0.3) is 77.2 Å². The van der Waals surface area contributed by atoms with Crippen molar-refractivity contribution >= 4 is 43.6 Å². The van der Waals surface area contributed by atoms with Gasteiger partial charge in [0.2, 0.25) is 11.5 Å². The zero-order valence-corrected chi connectivity index (χ0v) is 53.7. The van der Waals surface area contributed by atoms with E-state index in [1.54, 1.807) is 0 Å². The highest BCUT2D eigenvalue weighted by Gasteiger charge is 2.31. The summed E-state index contributed by atoms with van der Waals surface area (Å²) in [7, 11) is 9.05. The van der Waals surface area contributed by atoms with Crippen LogP contribution in [-0.2, 0) is 42.2 Å². The van der Waals surface area contributed by atoms with Gasteiger partial charge in [-0.3, -0.25) is 0 Å². The van der Waals surface area contributed by atoms with Crippen LogP contribution in [0.5, 0.6) is 23.0 Å². The van der Waals surface area contributed by atoms with E-state index in [0.717, 1.165) is 61.2 Å². The average molecular weight is 1140 g/mol. The van der Waals surface area contributed by atoms with Crippen molar-refractivity contribution in [1.82, 2.24) is 9.13 Å². The lowest BCUT2D eigenvalue weighted by atomic mass is 9.84. The third-order valence-electron chi connectivity index (χ3n) is 17.4. The lowest BCUT2D eigenvalue weighted by molar-refractivity contribution is -0.0170. The van der Waals surface area contributed by atoms with Crippen LogP contribution < -0.4 is 0 Å². The Labute approximate surface area is 504 Å². The molecule has 10 aromatic rings. The zero-order chi connectivity index (χ0) is 61.9. The van der Waals surface area contributed by atoms with Crippen molar-refractivity contribution in [3.8, 4) is 56.6 Å². The van der Waals surface area contributed by atoms with Crippen molar-refractivity contribution in [3.63, 3.8) is 0 Å². The van der Waals surface area contributed by atoms with Gasteiger partial charge in [-0.05, 0) is 168 Å². The molecule has 8 aromatic carbocycles. The van der Waals surface area contributed by atoms with Crippen LogP contribution >= 0.6 is 0 Å². The molecular weight excluding hydrogens is 1050 g/mol. The molecule has 10 rings (SSSR count). The van der Waals surface area contributed by atoms with Crippen molar-refractivity contribution in [2.75, 3.05) is 13.2 Å². The molecule has 0 aliphatic heterocycles. The number of hydrogen-bond acceptors (Lipinski definition) is 2. The summed E-state index contributed by atoms with van der Waals surface area (Å²) in [5, 5.41) is 30.4. The van der Waals surface area contributed by atoms with Crippen molar-refractivity contribution in [2.45, 2.75) is 165 Å². The van der Waals surface area contributed by atoms with Crippen LogP contribution in [0, 0.1) is 39.7 Å². The Hall–Kier alpha value is -7.58. The molecule has 0 unspecified atom stereocenters. The third kappa shape index (κ3) is 11.2. The Balaban J connectivity index is 1.06. The fourth-order valence-electron chi connectivity index (χ4n) is 12.3. The number of hydrogen-bond donors (Lipinski definition) is 2. The quantitative estimate of drug-likeness (QED) is 0.100. The number of fused-ring (bicyclic) bond motifs is 6. The van der Waals surface area contributed by atoms with Gasteiger partial charge < -0.3 is 28.1 Å². The summed E-state index contributed by atoms with van der Waals surface area (Å²) in [6.07, 6.45) is 1.32.